The molecular weight excluding hydrogens is 280 g/mol. The van der Waals surface area contributed by atoms with E-state index in [0.717, 1.165) is 31.1 Å². The Kier molecular flexibility index (Phi) is 3.29. The van der Waals surface area contributed by atoms with E-state index >= 15 is 0 Å². The lowest BCUT2D eigenvalue weighted by molar-refractivity contribution is 0.0689. The largest absolute Gasteiger partial charge is 0.487 e. The van der Waals surface area contributed by atoms with E-state index in [1.54, 1.807) is 29.2 Å². The van der Waals surface area contributed by atoms with Crippen molar-refractivity contribution in [2.75, 3.05) is 13.1 Å². The summed E-state index contributed by atoms with van der Waals surface area (Å²) in [5.74, 6) is 1.57. The van der Waals surface area contributed by atoms with Crippen LogP contribution >= 0.6 is 0 Å². The first-order chi connectivity index (χ1) is 10.8. The molecule has 1 saturated carbocycles. The van der Waals surface area contributed by atoms with Crippen molar-refractivity contribution in [3.05, 3.63) is 42.0 Å². The number of fused-ring (bicyclic) bond motifs is 1. The predicted molar refractivity (Wildman–Crippen MR) is 79.4 cm³/mol. The lowest BCUT2D eigenvalue weighted by atomic mass is 10.2. The third-order valence-electron chi connectivity index (χ3n) is 4.13. The summed E-state index contributed by atoms with van der Waals surface area (Å²) in [6.07, 6.45) is 5.89. The zero-order valence-corrected chi connectivity index (χ0v) is 12.3. The monoisotopic (exact) mass is 298 g/mol. The summed E-state index contributed by atoms with van der Waals surface area (Å²) in [5, 5.41) is 4.47. The average molecular weight is 298 g/mol. The number of pyridine rings is 1. The highest BCUT2D eigenvalue weighted by Gasteiger charge is 2.31. The van der Waals surface area contributed by atoms with Crippen LogP contribution < -0.4 is 4.74 Å². The summed E-state index contributed by atoms with van der Waals surface area (Å²) in [6.45, 7) is 2.78. The molecule has 22 heavy (non-hydrogen) atoms. The Labute approximate surface area is 128 Å². The first-order valence-corrected chi connectivity index (χ1v) is 7.68. The number of rotatable bonds is 5. The molecule has 2 aromatic heterocycles. The summed E-state index contributed by atoms with van der Waals surface area (Å²) in [7, 11) is 0. The molecule has 3 heterocycles. The van der Waals surface area contributed by atoms with E-state index in [1.807, 2.05) is 11.0 Å². The summed E-state index contributed by atoms with van der Waals surface area (Å²) in [4.78, 5) is 18.4. The van der Waals surface area contributed by atoms with Crippen LogP contribution in [0, 0.1) is 5.92 Å². The maximum Gasteiger partial charge on any atom is 0.272 e. The molecule has 0 spiro atoms. The molecule has 0 atom stereocenters. The van der Waals surface area contributed by atoms with E-state index in [2.05, 4.69) is 10.1 Å². The van der Waals surface area contributed by atoms with Crippen molar-refractivity contribution in [1.82, 2.24) is 19.7 Å². The van der Waals surface area contributed by atoms with Gasteiger partial charge in [0.2, 0.25) is 0 Å². The zero-order valence-electron chi connectivity index (χ0n) is 12.3. The average Bonchev–Trinajstić information content (AvgIpc) is 3.26. The summed E-state index contributed by atoms with van der Waals surface area (Å²) >= 11 is 0. The SMILES string of the molecule is O=C1c2cc(COc3ccncc3)nn2CCN1CC1CC1. The fourth-order valence-corrected chi connectivity index (χ4v) is 2.74. The van der Waals surface area contributed by atoms with E-state index in [-0.39, 0.29) is 5.91 Å². The van der Waals surface area contributed by atoms with Crippen molar-refractivity contribution >= 4 is 5.91 Å². The third-order valence-corrected chi connectivity index (χ3v) is 4.13. The molecule has 0 bridgehead atoms. The Morgan fingerprint density at radius 3 is 2.82 bits per heavy atom. The van der Waals surface area contributed by atoms with Crippen molar-refractivity contribution in [3.63, 3.8) is 0 Å². The van der Waals surface area contributed by atoms with Gasteiger partial charge < -0.3 is 9.64 Å². The number of hydrogen-bond donors (Lipinski definition) is 0. The number of ether oxygens (including phenoxy) is 1. The highest BCUT2D eigenvalue weighted by atomic mass is 16.5. The van der Waals surface area contributed by atoms with Crippen LogP contribution in [-0.2, 0) is 13.2 Å². The number of aromatic nitrogens is 3. The lowest BCUT2D eigenvalue weighted by Crippen LogP contribution is -2.41. The second-order valence-electron chi connectivity index (χ2n) is 5.91. The number of amides is 1. The zero-order chi connectivity index (χ0) is 14.9. The number of hydrogen-bond acceptors (Lipinski definition) is 4. The van der Waals surface area contributed by atoms with Crippen molar-refractivity contribution < 1.29 is 9.53 Å². The lowest BCUT2D eigenvalue weighted by Gasteiger charge is -2.27. The van der Waals surface area contributed by atoms with Gasteiger partial charge in [-0.25, -0.2) is 0 Å². The smallest absolute Gasteiger partial charge is 0.272 e. The number of nitrogens with zero attached hydrogens (tertiary/aromatic N) is 4. The Balaban J connectivity index is 1.45. The molecule has 0 radical (unpaired) electrons. The van der Waals surface area contributed by atoms with Crippen molar-refractivity contribution in [2.24, 2.45) is 5.92 Å². The minimum absolute atomic E-state index is 0.0980. The summed E-state index contributed by atoms with van der Waals surface area (Å²) in [6, 6.07) is 5.46. The summed E-state index contributed by atoms with van der Waals surface area (Å²) in [5.41, 5.74) is 1.47. The van der Waals surface area contributed by atoms with Crippen LogP contribution in [-0.4, -0.2) is 38.7 Å². The molecule has 114 valence electrons. The number of carbonyl (C=O) groups is 1. The van der Waals surface area contributed by atoms with Gasteiger partial charge in [0, 0.05) is 25.5 Å². The fourth-order valence-electron chi connectivity index (χ4n) is 2.74. The van der Waals surface area contributed by atoms with E-state index in [0.29, 0.717) is 18.2 Å². The molecule has 2 aliphatic rings. The molecule has 4 rings (SSSR count). The molecule has 0 saturated heterocycles. The standard InChI is InChI=1S/C16H18N4O2/c21-16-15-9-13(11-22-14-3-5-17-6-4-14)18-20(15)8-7-19(16)10-12-1-2-12/h3-6,9,12H,1-2,7-8,10-11H2. The van der Waals surface area contributed by atoms with Gasteiger partial charge in [0.1, 0.15) is 23.7 Å². The van der Waals surface area contributed by atoms with Crippen LogP contribution in [0.4, 0.5) is 0 Å². The molecular formula is C16H18N4O2. The van der Waals surface area contributed by atoms with Crippen molar-refractivity contribution in [1.29, 1.82) is 0 Å². The van der Waals surface area contributed by atoms with E-state index in [9.17, 15) is 4.79 Å². The number of carbonyl (C=O) groups excluding carboxylic acids is 1. The molecule has 0 unspecified atom stereocenters. The minimum Gasteiger partial charge on any atom is -0.487 e. The van der Waals surface area contributed by atoms with Gasteiger partial charge in [-0.3, -0.25) is 14.5 Å². The third kappa shape index (κ3) is 2.68. The second-order valence-corrected chi connectivity index (χ2v) is 5.91. The molecule has 2 aromatic rings. The van der Waals surface area contributed by atoms with E-state index in [4.69, 9.17) is 4.74 Å². The molecule has 1 aliphatic carbocycles. The molecule has 1 fully saturated rings. The quantitative estimate of drug-likeness (QED) is 0.843. The topological polar surface area (TPSA) is 60.2 Å². The van der Waals surface area contributed by atoms with Gasteiger partial charge in [0.05, 0.1) is 6.54 Å². The van der Waals surface area contributed by atoms with Gasteiger partial charge in [-0.2, -0.15) is 5.10 Å². The van der Waals surface area contributed by atoms with Gasteiger partial charge >= 0.3 is 0 Å². The van der Waals surface area contributed by atoms with E-state index in [1.165, 1.54) is 12.8 Å². The van der Waals surface area contributed by atoms with E-state index < -0.39 is 0 Å². The van der Waals surface area contributed by atoms with Gasteiger partial charge in [-0.1, -0.05) is 0 Å². The Bertz CT molecular complexity index is 679. The fraction of sp³-hybridized carbons (Fsp3) is 0.438. The molecule has 0 aromatic carbocycles. The molecule has 0 N–H and O–H groups in total. The summed E-state index contributed by atoms with van der Waals surface area (Å²) < 4.78 is 7.47. The van der Waals surface area contributed by atoms with Crippen LogP contribution in [0.25, 0.3) is 0 Å². The molecule has 1 amide bonds. The van der Waals surface area contributed by atoms with Gasteiger partial charge in [-0.05, 0) is 37.0 Å². The molecule has 6 nitrogen and oxygen atoms in total. The normalized spacial score (nSPS) is 17.5. The Morgan fingerprint density at radius 2 is 2.05 bits per heavy atom. The van der Waals surface area contributed by atoms with Crippen LogP contribution in [0.15, 0.2) is 30.6 Å². The van der Waals surface area contributed by atoms with Crippen LogP contribution in [0.2, 0.25) is 0 Å². The highest BCUT2D eigenvalue weighted by molar-refractivity contribution is 5.93. The molecule has 1 aliphatic heterocycles. The first-order valence-electron chi connectivity index (χ1n) is 7.68. The van der Waals surface area contributed by atoms with Crippen molar-refractivity contribution in [3.8, 4) is 5.75 Å². The van der Waals surface area contributed by atoms with Crippen molar-refractivity contribution in [2.45, 2.75) is 26.0 Å². The maximum atomic E-state index is 12.5. The van der Waals surface area contributed by atoms with Crippen LogP contribution in [0.5, 0.6) is 5.75 Å². The van der Waals surface area contributed by atoms with Crippen LogP contribution in [0.1, 0.15) is 29.0 Å². The Hall–Kier alpha value is -2.37. The predicted octanol–water partition coefficient (Wildman–Crippen LogP) is 1.72. The Morgan fingerprint density at radius 1 is 1.23 bits per heavy atom. The van der Waals surface area contributed by atoms with Gasteiger partial charge in [0.25, 0.3) is 5.91 Å². The van der Waals surface area contributed by atoms with Gasteiger partial charge in [0.15, 0.2) is 0 Å². The molecule has 6 heteroatoms. The highest BCUT2D eigenvalue weighted by Crippen LogP contribution is 2.30. The minimum atomic E-state index is 0.0980. The van der Waals surface area contributed by atoms with Crippen LogP contribution in [0.3, 0.4) is 0 Å². The first kappa shape index (κ1) is 13.3. The van der Waals surface area contributed by atoms with Gasteiger partial charge in [-0.15, -0.1) is 0 Å². The maximum absolute atomic E-state index is 12.5. The second kappa shape index (κ2) is 5.44.